The number of hydrogen-bond donors (Lipinski definition) is 2. The van der Waals surface area contributed by atoms with E-state index in [9.17, 15) is 4.79 Å². The fourth-order valence-electron chi connectivity index (χ4n) is 1.52. The van der Waals surface area contributed by atoms with Crippen molar-refractivity contribution in [2.75, 3.05) is 7.11 Å². The third-order valence-electron chi connectivity index (χ3n) is 2.69. The first-order valence-electron chi connectivity index (χ1n) is 6.12. The molecule has 4 N–H and O–H groups in total. The van der Waals surface area contributed by atoms with E-state index >= 15 is 0 Å². The zero-order chi connectivity index (χ0) is 14.5. The Morgan fingerprint density at radius 1 is 1.35 bits per heavy atom. The Balaban J connectivity index is 2.12. The lowest BCUT2D eigenvalue weighted by atomic mass is 10.2. The molecule has 0 radical (unpaired) electrons. The smallest absolute Gasteiger partial charge is 0.314 e. The molecule has 7 heteroatoms. The summed E-state index contributed by atoms with van der Waals surface area (Å²) < 4.78 is 10.5. The number of carbonyl (C=O) groups excluding carboxylic acids is 1. The minimum absolute atomic E-state index is 0.0304. The molecule has 1 saturated carbocycles. The molecule has 106 valence electrons. The standard InChI is InChI=1S/C13H16N4O3/c1-19-11-6-8(7-16-17-13(14)15)2-5-10(11)20-12(18)9-3-4-9/h2,5-7,9H,3-4H2,1H3,(H4,14,15,17). The Morgan fingerprint density at radius 3 is 2.70 bits per heavy atom. The van der Waals surface area contributed by atoms with E-state index in [0.29, 0.717) is 11.5 Å². The van der Waals surface area contributed by atoms with Gasteiger partial charge in [0.15, 0.2) is 11.5 Å². The molecule has 0 saturated heterocycles. The van der Waals surface area contributed by atoms with Crippen molar-refractivity contribution in [2.24, 2.45) is 27.6 Å². The SMILES string of the molecule is COc1cc(C=NN=C(N)N)ccc1OC(=O)C1CC1. The molecule has 0 heterocycles. The summed E-state index contributed by atoms with van der Waals surface area (Å²) >= 11 is 0. The maximum atomic E-state index is 11.6. The summed E-state index contributed by atoms with van der Waals surface area (Å²) in [4.78, 5) is 11.6. The fraction of sp³-hybridized carbons (Fsp3) is 0.308. The van der Waals surface area contributed by atoms with Crippen molar-refractivity contribution in [1.82, 2.24) is 0 Å². The molecule has 0 spiro atoms. The van der Waals surface area contributed by atoms with Gasteiger partial charge in [-0.05, 0) is 36.6 Å². The van der Waals surface area contributed by atoms with Gasteiger partial charge in [-0.2, -0.15) is 5.10 Å². The largest absolute Gasteiger partial charge is 0.493 e. The Morgan fingerprint density at radius 2 is 2.10 bits per heavy atom. The molecule has 0 aliphatic heterocycles. The summed E-state index contributed by atoms with van der Waals surface area (Å²) in [6.07, 6.45) is 3.25. The van der Waals surface area contributed by atoms with Crippen molar-refractivity contribution in [2.45, 2.75) is 12.8 Å². The van der Waals surface area contributed by atoms with Gasteiger partial charge in [0.2, 0.25) is 5.96 Å². The third-order valence-corrected chi connectivity index (χ3v) is 2.69. The molecule has 1 aromatic rings. The first-order chi connectivity index (χ1) is 9.60. The first-order valence-corrected chi connectivity index (χ1v) is 6.12. The van der Waals surface area contributed by atoms with E-state index in [4.69, 9.17) is 20.9 Å². The predicted octanol–water partition coefficient (Wildman–Crippen LogP) is 0.618. The van der Waals surface area contributed by atoms with Crippen LogP contribution in [0.25, 0.3) is 0 Å². The van der Waals surface area contributed by atoms with Gasteiger partial charge in [-0.3, -0.25) is 4.79 Å². The average molecular weight is 276 g/mol. The van der Waals surface area contributed by atoms with Crippen LogP contribution in [0.5, 0.6) is 11.5 Å². The number of benzene rings is 1. The van der Waals surface area contributed by atoms with Crippen molar-refractivity contribution < 1.29 is 14.3 Å². The van der Waals surface area contributed by atoms with Crippen LogP contribution in [0.3, 0.4) is 0 Å². The van der Waals surface area contributed by atoms with Gasteiger partial charge in [0.1, 0.15) is 0 Å². The molecule has 2 rings (SSSR count). The molecular formula is C13H16N4O3. The molecule has 20 heavy (non-hydrogen) atoms. The minimum Gasteiger partial charge on any atom is -0.493 e. The van der Waals surface area contributed by atoms with Crippen LogP contribution < -0.4 is 20.9 Å². The number of ether oxygens (including phenoxy) is 2. The lowest BCUT2D eigenvalue weighted by Crippen LogP contribution is -2.21. The van der Waals surface area contributed by atoms with E-state index in [1.807, 2.05) is 0 Å². The molecule has 0 unspecified atom stereocenters. The van der Waals surface area contributed by atoms with Gasteiger partial charge in [0.05, 0.1) is 19.2 Å². The number of carbonyl (C=O) groups is 1. The van der Waals surface area contributed by atoms with E-state index in [0.717, 1.165) is 18.4 Å². The highest BCUT2D eigenvalue weighted by Gasteiger charge is 2.32. The highest BCUT2D eigenvalue weighted by Crippen LogP contribution is 2.34. The van der Waals surface area contributed by atoms with Crippen molar-refractivity contribution in [3.05, 3.63) is 23.8 Å². The Hall–Kier alpha value is -2.57. The Kier molecular flexibility index (Phi) is 4.19. The fourth-order valence-corrected chi connectivity index (χ4v) is 1.52. The van der Waals surface area contributed by atoms with Gasteiger partial charge in [-0.25, -0.2) is 0 Å². The maximum Gasteiger partial charge on any atom is 0.314 e. The second-order valence-corrected chi connectivity index (χ2v) is 4.38. The van der Waals surface area contributed by atoms with Crippen molar-refractivity contribution in [3.63, 3.8) is 0 Å². The summed E-state index contributed by atoms with van der Waals surface area (Å²) in [7, 11) is 1.50. The van der Waals surface area contributed by atoms with Gasteiger partial charge in [0, 0.05) is 0 Å². The number of methoxy groups -OCH3 is 1. The highest BCUT2D eigenvalue weighted by molar-refractivity contribution is 5.83. The van der Waals surface area contributed by atoms with Crippen LogP contribution in [0, 0.1) is 5.92 Å². The van der Waals surface area contributed by atoms with E-state index in [2.05, 4.69) is 10.2 Å². The van der Waals surface area contributed by atoms with Crippen LogP contribution in [0.15, 0.2) is 28.4 Å². The average Bonchev–Trinajstić information content (AvgIpc) is 3.24. The summed E-state index contributed by atoms with van der Waals surface area (Å²) in [5.41, 5.74) is 11.0. The van der Waals surface area contributed by atoms with Crippen molar-refractivity contribution >= 4 is 18.1 Å². The van der Waals surface area contributed by atoms with Crippen LogP contribution in [0.4, 0.5) is 0 Å². The molecule has 7 nitrogen and oxygen atoms in total. The molecule has 0 atom stereocenters. The molecular weight excluding hydrogens is 260 g/mol. The lowest BCUT2D eigenvalue weighted by molar-refractivity contribution is -0.135. The number of hydrogen-bond acceptors (Lipinski definition) is 5. The van der Waals surface area contributed by atoms with Gasteiger partial charge < -0.3 is 20.9 Å². The topological polar surface area (TPSA) is 112 Å². The number of nitrogens with zero attached hydrogens (tertiary/aromatic N) is 2. The molecule has 1 aromatic carbocycles. The number of esters is 1. The summed E-state index contributed by atoms with van der Waals surface area (Å²) in [6.45, 7) is 0. The number of guanidine groups is 1. The maximum absolute atomic E-state index is 11.6. The number of nitrogens with two attached hydrogens (primary N) is 2. The summed E-state index contributed by atoms with van der Waals surface area (Å²) in [6, 6.07) is 5.06. The van der Waals surface area contributed by atoms with E-state index in [1.54, 1.807) is 18.2 Å². The second kappa shape index (κ2) is 6.05. The Bertz CT molecular complexity index is 561. The Labute approximate surface area is 116 Å². The third kappa shape index (κ3) is 3.71. The van der Waals surface area contributed by atoms with Crippen molar-refractivity contribution in [1.29, 1.82) is 0 Å². The van der Waals surface area contributed by atoms with Crippen LogP contribution in [0.1, 0.15) is 18.4 Å². The first kappa shape index (κ1) is 13.9. The van der Waals surface area contributed by atoms with E-state index in [-0.39, 0.29) is 17.8 Å². The van der Waals surface area contributed by atoms with E-state index < -0.39 is 0 Å². The minimum atomic E-state index is -0.217. The summed E-state index contributed by atoms with van der Waals surface area (Å²) in [5, 5.41) is 7.19. The lowest BCUT2D eigenvalue weighted by Gasteiger charge is -2.09. The van der Waals surface area contributed by atoms with Crippen LogP contribution >= 0.6 is 0 Å². The van der Waals surface area contributed by atoms with Crippen LogP contribution in [-0.4, -0.2) is 25.3 Å². The number of rotatable bonds is 5. The molecule has 1 aliphatic rings. The second-order valence-electron chi connectivity index (χ2n) is 4.38. The van der Waals surface area contributed by atoms with Gasteiger partial charge in [0.25, 0.3) is 0 Å². The monoisotopic (exact) mass is 276 g/mol. The van der Waals surface area contributed by atoms with Gasteiger partial charge >= 0.3 is 5.97 Å². The summed E-state index contributed by atoms with van der Waals surface area (Å²) in [5.74, 6) is 0.535. The van der Waals surface area contributed by atoms with Crippen LogP contribution in [0.2, 0.25) is 0 Å². The van der Waals surface area contributed by atoms with E-state index in [1.165, 1.54) is 13.3 Å². The zero-order valence-corrected chi connectivity index (χ0v) is 11.1. The van der Waals surface area contributed by atoms with Crippen molar-refractivity contribution in [3.8, 4) is 11.5 Å². The predicted molar refractivity (Wildman–Crippen MR) is 74.8 cm³/mol. The quantitative estimate of drug-likeness (QED) is 0.269. The molecule has 0 amide bonds. The highest BCUT2D eigenvalue weighted by atomic mass is 16.6. The molecule has 1 aliphatic carbocycles. The molecule has 1 fully saturated rings. The van der Waals surface area contributed by atoms with Crippen LogP contribution in [-0.2, 0) is 4.79 Å². The molecule has 0 bridgehead atoms. The molecule has 0 aromatic heterocycles. The van der Waals surface area contributed by atoms with Gasteiger partial charge in [-0.1, -0.05) is 0 Å². The zero-order valence-electron chi connectivity index (χ0n) is 11.1. The van der Waals surface area contributed by atoms with Gasteiger partial charge in [-0.15, -0.1) is 5.10 Å². The normalized spacial score (nSPS) is 14.1.